The molecule has 0 radical (unpaired) electrons. The van der Waals surface area contributed by atoms with Gasteiger partial charge in [0.15, 0.2) is 5.78 Å². The van der Waals surface area contributed by atoms with E-state index in [1.54, 1.807) is 13.0 Å². The highest BCUT2D eigenvalue weighted by Crippen LogP contribution is 2.18. The number of hydrogen-bond donors (Lipinski definition) is 0. The molecule has 0 bridgehead atoms. The van der Waals surface area contributed by atoms with Gasteiger partial charge in [-0.15, -0.1) is 0 Å². The second-order valence-corrected chi connectivity index (χ2v) is 4.92. The average molecular weight is 284 g/mol. The van der Waals surface area contributed by atoms with Crippen LogP contribution >= 0.6 is 0 Å². The quantitative estimate of drug-likeness (QED) is 0.568. The number of benzene rings is 2. The van der Waals surface area contributed by atoms with Crippen LogP contribution in [0.4, 0.5) is 0 Å². The summed E-state index contributed by atoms with van der Waals surface area (Å²) >= 11 is 0. The fourth-order valence-corrected chi connectivity index (χ4v) is 1.95. The summed E-state index contributed by atoms with van der Waals surface area (Å²) in [5.74, 6) is 1.52. The first kappa shape index (κ1) is 15.1. The van der Waals surface area contributed by atoms with Crippen molar-refractivity contribution in [2.24, 2.45) is 0 Å². The average Bonchev–Trinajstić information content (AvgIpc) is 2.49. The summed E-state index contributed by atoms with van der Waals surface area (Å²) in [6, 6.07) is 15.3. The van der Waals surface area contributed by atoms with E-state index in [9.17, 15) is 4.79 Å². The number of Topliss-reactive ketones (excluding diaryl/α,β-unsaturated/α-hetero) is 1. The molecule has 110 valence electrons. The summed E-state index contributed by atoms with van der Waals surface area (Å²) in [6.45, 7) is 4.70. The Morgan fingerprint density at radius 3 is 2.33 bits per heavy atom. The molecule has 0 atom stereocenters. The van der Waals surface area contributed by atoms with Crippen LogP contribution in [0.1, 0.15) is 29.3 Å². The van der Waals surface area contributed by atoms with Gasteiger partial charge in [0.25, 0.3) is 0 Å². The molecule has 0 spiro atoms. The maximum absolute atomic E-state index is 11.5. The number of rotatable bonds is 7. The second kappa shape index (κ2) is 7.48. The number of ketones is 1. The number of ether oxygens (including phenoxy) is 2. The normalized spacial score (nSPS) is 10.2. The van der Waals surface area contributed by atoms with Gasteiger partial charge < -0.3 is 9.47 Å². The van der Waals surface area contributed by atoms with Gasteiger partial charge in [0.1, 0.15) is 11.5 Å². The number of carbonyl (C=O) groups excluding carboxylic acids is 1. The standard InChI is InChI=1S/C18H20O3/c1-14-8-10-16(11-9-14)20-12-5-13-21-18-7-4-3-6-17(18)15(2)19/h3-4,6-11H,5,12-13H2,1-2H3. The molecule has 0 saturated heterocycles. The maximum atomic E-state index is 11.5. The van der Waals surface area contributed by atoms with Crippen molar-refractivity contribution in [3.63, 3.8) is 0 Å². The zero-order valence-corrected chi connectivity index (χ0v) is 12.5. The Kier molecular flexibility index (Phi) is 5.38. The van der Waals surface area contributed by atoms with Gasteiger partial charge in [-0.1, -0.05) is 29.8 Å². The fourth-order valence-electron chi connectivity index (χ4n) is 1.95. The molecule has 3 heteroatoms. The van der Waals surface area contributed by atoms with Crippen LogP contribution in [0.25, 0.3) is 0 Å². The Morgan fingerprint density at radius 2 is 1.62 bits per heavy atom. The number of carbonyl (C=O) groups is 1. The molecule has 0 aliphatic heterocycles. The summed E-state index contributed by atoms with van der Waals surface area (Å²) in [6.07, 6.45) is 0.764. The van der Waals surface area contributed by atoms with Crippen LogP contribution in [0, 0.1) is 6.92 Å². The van der Waals surface area contributed by atoms with Crippen molar-refractivity contribution in [3.8, 4) is 11.5 Å². The molecule has 0 unspecified atom stereocenters. The van der Waals surface area contributed by atoms with Crippen molar-refractivity contribution in [2.45, 2.75) is 20.3 Å². The van der Waals surface area contributed by atoms with E-state index in [2.05, 4.69) is 0 Å². The third-order valence-corrected chi connectivity index (χ3v) is 3.10. The van der Waals surface area contributed by atoms with Gasteiger partial charge >= 0.3 is 0 Å². The predicted molar refractivity (Wildman–Crippen MR) is 83.2 cm³/mol. The minimum absolute atomic E-state index is 0.0153. The predicted octanol–water partition coefficient (Wildman–Crippen LogP) is 4.05. The Morgan fingerprint density at radius 1 is 0.952 bits per heavy atom. The Labute approximate surface area is 125 Å². The molecule has 3 nitrogen and oxygen atoms in total. The molecule has 21 heavy (non-hydrogen) atoms. The Balaban J connectivity index is 1.75. The summed E-state index contributed by atoms with van der Waals surface area (Å²) in [5, 5.41) is 0. The second-order valence-electron chi connectivity index (χ2n) is 4.92. The highest BCUT2D eigenvalue weighted by Gasteiger charge is 2.06. The molecule has 0 aromatic heterocycles. The van der Waals surface area contributed by atoms with Crippen LogP contribution in [0.2, 0.25) is 0 Å². The lowest BCUT2D eigenvalue weighted by Crippen LogP contribution is -2.07. The van der Waals surface area contributed by atoms with Gasteiger partial charge in [-0.3, -0.25) is 4.79 Å². The molecule has 0 N–H and O–H groups in total. The molecule has 0 amide bonds. The van der Waals surface area contributed by atoms with Crippen LogP contribution in [-0.2, 0) is 0 Å². The van der Waals surface area contributed by atoms with Gasteiger partial charge in [-0.2, -0.15) is 0 Å². The third kappa shape index (κ3) is 4.63. The molecule has 2 rings (SSSR count). The minimum atomic E-state index is 0.0153. The first-order valence-corrected chi connectivity index (χ1v) is 7.09. The topological polar surface area (TPSA) is 35.5 Å². The number of hydrogen-bond acceptors (Lipinski definition) is 3. The molecule has 0 saturated carbocycles. The highest BCUT2D eigenvalue weighted by molar-refractivity contribution is 5.96. The monoisotopic (exact) mass is 284 g/mol. The van der Waals surface area contributed by atoms with E-state index in [1.807, 2.05) is 49.4 Å². The van der Waals surface area contributed by atoms with Gasteiger partial charge in [0.05, 0.1) is 18.8 Å². The summed E-state index contributed by atoms with van der Waals surface area (Å²) in [4.78, 5) is 11.5. The van der Waals surface area contributed by atoms with Crippen molar-refractivity contribution >= 4 is 5.78 Å². The van der Waals surface area contributed by atoms with Gasteiger partial charge in [0.2, 0.25) is 0 Å². The van der Waals surface area contributed by atoms with Gasteiger partial charge in [0, 0.05) is 6.42 Å². The SMILES string of the molecule is CC(=O)c1ccccc1OCCCOc1ccc(C)cc1. The van der Waals surface area contributed by atoms with Crippen molar-refractivity contribution in [1.29, 1.82) is 0 Å². The van der Waals surface area contributed by atoms with E-state index in [0.29, 0.717) is 24.5 Å². The molecule has 0 heterocycles. The van der Waals surface area contributed by atoms with E-state index in [4.69, 9.17) is 9.47 Å². The lowest BCUT2D eigenvalue weighted by Gasteiger charge is -2.10. The summed E-state index contributed by atoms with van der Waals surface area (Å²) in [7, 11) is 0. The zero-order valence-electron chi connectivity index (χ0n) is 12.5. The van der Waals surface area contributed by atoms with Crippen LogP contribution in [-0.4, -0.2) is 19.0 Å². The molecule has 2 aromatic carbocycles. The van der Waals surface area contributed by atoms with Crippen LogP contribution in [0.3, 0.4) is 0 Å². The van der Waals surface area contributed by atoms with Crippen molar-refractivity contribution in [3.05, 3.63) is 59.7 Å². The first-order chi connectivity index (χ1) is 10.2. The first-order valence-electron chi connectivity index (χ1n) is 7.09. The Bertz CT molecular complexity index is 588. The molecule has 0 aliphatic carbocycles. The summed E-state index contributed by atoms with van der Waals surface area (Å²) in [5.41, 5.74) is 1.84. The van der Waals surface area contributed by atoms with Crippen molar-refractivity contribution in [2.75, 3.05) is 13.2 Å². The molecule has 0 fully saturated rings. The van der Waals surface area contributed by atoms with Gasteiger partial charge in [-0.25, -0.2) is 0 Å². The molecular formula is C18H20O3. The van der Waals surface area contributed by atoms with E-state index in [0.717, 1.165) is 12.2 Å². The van der Waals surface area contributed by atoms with Crippen molar-refractivity contribution in [1.82, 2.24) is 0 Å². The fraction of sp³-hybridized carbons (Fsp3) is 0.278. The van der Waals surface area contributed by atoms with Gasteiger partial charge in [-0.05, 0) is 38.1 Å². The van der Waals surface area contributed by atoms with E-state index >= 15 is 0 Å². The third-order valence-electron chi connectivity index (χ3n) is 3.10. The van der Waals surface area contributed by atoms with Crippen LogP contribution in [0.5, 0.6) is 11.5 Å². The van der Waals surface area contributed by atoms with Crippen LogP contribution in [0.15, 0.2) is 48.5 Å². The van der Waals surface area contributed by atoms with Crippen LogP contribution < -0.4 is 9.47 Å². The lowest BCUT2D eigenvalue weighted by atomic mass is 10.1. The number of aryl methyl sites for hydroxylation is 1. The number of para-hydroxylation sites is 1. The molecule has 0 aliphatic rings. The lowest BCUT2D eigenvalue weighted by molar-refractivity contribution is 0.101. The highest BCUT2D eigenvalue weighted by atomic mass is 16.5. The zero-order chi connectivity index (χ0) is 15.1. The van der Waals surface area contributed by atoms with E-state index < -0.39 is 0 Å². The maximum Gasteiger partial charge on any atom is 0.163 e. The van der Waals surface area contributed by atoms with E-state index in [-0.39, 0.29) is 5.78 Å². The largest absolute Gasteiger partial charge is 0.493 e. The molecular weight excluding hydrogens is 264 g/mol. The molecule has 2 aromatic rings. The minimum Gasteiger partial charge on any atom is -0.493 e. The Hall–Kier alpha value is -2.29. The van der Waals surface area contributed by atoms with E-state index in [1.165, 1.54) is 5.56 Å². The summed E-state index contributed by atoms with van der Waals surface area (Å²) < 4.78 is 11.3. The smallest absolute Gasteiger partial charge is 0.163 e. The van der Waals surface area contributed by atoms with Crippen molar-refractivity contribution < 1.29 is 14.3 Å².